The number of hydrogen-bond acceptors (Lipinski definition) is 4. The molecule has 2 N–H and O–H groups in total. The zero-order chi connectivity index (χ0) is 11.7. The van der Waals surface area contributed by atoms with E-state index >= 15 is 0 Å². The van der Waals surface area contributed by atoms with Crippen LogP contribution in [0.1, 0.15) is 16.1 Å². The number of pyridine rings is 1. The molecule has 16 heavy (non-hydrogen) atoms. The molecule has 82 valence electrons. The van der Waals surface area contributed by atoms with Crippen molar-refractivity contribution in [3.63, 3.8) is 0 Å². The Morgan fingerprint density at radius 1 is 1.38 bits per heavy atom. The second kappa shape index (κ2) is 3.81. The van der Waals surface area contributed by atoms with E-state index in [1.54, 1.807) is 24.3 Å². The van der Waals surface area contributed by atoms with Crippen molar-refractivity contribution in [1.29, 1.82) is 0 Å². The molecule has 0 aliphatic rings. The van der Waals surface area contributed by atoms with Gasteiger partial charge in [0, 0.05) is 16.8 Å². The highest BCUT2D eigenvalue weighted by molar-refractivity contribution is 5.98. The fourth-order valence-corrected chi connectivity index (χ4v) is 1.63. The van der Waals surface area contributed by atoms with E-state index in [0.29, 0.717) is 11.3 Å². The first-order valence-electron chi connectivity index (χ1n) is 4.87. The number of fused-ring (bicyclic) bond motifs is 1. The highest BCUT2D eigenvalue weighted by atomic mass is 16.5. The predicted octanol–water partition coefficient (Wildman–Crippen LogP) is 1.91. The van der Waals surface area contributed by atoms with Gasteiger partial charge in [-0.15, -0.1) is 0 Å². The third-order valence-corrected chi connectivity index (χ3v) is 2.39. The number of anilines is 1. The van der Waals surface area contributed by atoms with Crippen LogP contribution in [-0.2, 0) is 4.74 Å². The van der Waals surface area contributed by atoms with Gasteiger partial charge in [0.15, 0.2) is 0 Å². The molecule has 0 fully saturated rings. The van der Waals surface area contributed by atoms with E-state index in [4.69, 9.17) is 5.73 Å². The number of aromatic nitrogens is 1. The van der Waals surface area contributed by atoms with Crippen LogP contribution in [0.2, 0.25) is 0 Å². The molecule has 1 heterocycles. The van der Waals surface area contributed by atoms with Gasteiger partial charge in [-0.1, -0.05) is 0 Å². The summed E-state index contributed by atoms with van der Waals surface area (Å²) in [6, 6.07) is 6.93. The topological polar surface area (TPSA) is 65.2 Å². The number of benzene rings is 1. The minimum atomic E-state index is -0.373. The van der Waals surface area contributed by atoms with Crippen molar-refractivity contribution in [3.8, 4) is 0 Å². The van der Waals surface area contributed by atoms with E-state index in [0.717, 1.165) is 16.6 Å². The number of carbonyl (C=O) groups excluding carboxylic acids is 1. The van der Waals surface area contributed by atoms with Crippen molar-refractivity contribution in [2.45, 2.75) is 6.92 Å². The summed E-state index contributed by atoms with van der Waals surface area (Å²) in [6.07, 6.45) is 0. The number of carbonyl (C=O) groups is 1. The normalized spacial score (nSPS) is 10.4. The van der Waals surface area contributed by atoms with E-state index in [1.807, 2.05) is 6.92 Å². The minimum Gasteiger partial charge on any atom is -0.465 e. The van der Waals surface area contributed by atoms with E-state index in [-0.39, 0.29) is 5.97 Å². The fraction of sp³-hybridized carbons (Fsp3) is 0.167. The van der Waals surface area contributed by atoms with Crippen LogP contribution in [0.5, 0.6) is 0 Å². The van der Waals surface area contributed by atoms with Crippen LogP contribution in [0, 0.1) is 6.92 Å². The van der Waals surface area contributed by atoms with Gasteiger partial charge < -0.3 is 10.5 Å². The summed E-state index contributed by atoms with van der Waals surface area (Å²) in [5.41, 5.74) is 8.61. The highest BCUT2D eigenvalue weighted by Gasteiger charge is 2.08. The monoisotopic (exact) mass is 216 g/mol. The van der Waals surface area contributed by atoms with Gasteiger partial charge in [-0.2, -0.15) is 0 Å². The number of methoxy groups -OCH3 is 1. The summed E-state index contributed by atoms with van der Waals surface area (Å²) in [6.45, 7) is 1.88. The number of nitrogen functional groups attached to an aromatic ring is 1. The molecule has 0 saturated carbocycles. The summed E-state index contributed by atoms with van der Waals surface area (Å²) < 4.78 is 4.65. The minimum absolute atomic E-state index is 0.373. The largest absolute Gasteiger partial charge is 0.465 e. The second-order valence-corrected chi connectivity index (χ2v) is 3.58. The highest BCUT2D eigenvalue weighted by Crippen LogP contribution is 2.21. The van der Waals surface area contributed by atoms with Crippen molar-refractivity contribution in [2.75, 3.05) is 12.8 Å². The molecule has 0 aliphatic carbocycles. The van der Waals surface area contributed by atoms with Crippen molar-refractivity contribution in [3.05, 3.63) is 35.5 Å². The molecule has 0 atom stereocenters. The Kier molecular flexibility index (Phi) is 2.48. The maximum Gasteiger partial charge on any atom is 0.337 e. The molecule has 1 aromatic heterocycles. The zero-order valence-electron chi connectivity index (χ0n) is 9.15. The number of esters is 1. The molecule has 0 saturated heterocycles. The van der Waals surface area contributed by atoms with Gasteiger partial charge in [0.25, 0.3) is 0 Å². The molecule has 0 unspecified atom stereocenters. The zero-order valence-corrected chi connectivity index (χ0v) is 9.15. The van der Waals surface area contributed by atoms with E-state index < -0.39 is 0 Å². The van der Waals surface area contributed by atoms with Crippen molar-refractivity contribution < 1.29 is 9.53 Å². The summed E-state index contributed by atoms with van der Waals surface area (Å²) in [5, 5.41) is 0.772. The Bertz CT molecular complexity index is 564. The van der Waals surface area contributed by atoms with Gasteiger partial charge in [0.2, 0.25) is 0 Å². The molecule has 4 nitrogen and oxygen atoms in total. The third-order valence-electron chi connectivity index (χ3n) is 2.39. The van der Waals surface area contributed by atoms with Crippen molar-refractivity contribution in [1.82, 2.24) is 4.98 Å². The van der Waals surface area contributed by atoms with Gasteiger partial charge in [0.05, 0.1) is 18.2 Å². The molecule has 0 bridgehead atoms. The Hall–Kier alpha value is -2.10. The predicted molar refractivity (Wildman–Crippen MR) is 62.2 cm³/mol. The molecule has 1 aromatic carbocycles. The average molecular weight is 216 g/mol. The van der Waals surface area contributed by atoms with Crippen LogP contribution in [0.25, 0.3) is 10.9 Å². The van der Waals surface area contributed by atoms with Crippen LogP contribution in [-0.4, -0.2) is 18.1 Å². The molecule has 4 heteroatoms. The lowest BCUT2D eigenvalue weighted by Crippen LogP contribution is -2.01. The van der Waals surface area contributed by atoms with Crippen LogP contribution < -0.4 is 5.73 Å². The standard InChI is InChI=1S/C12H12N2O2/c1-7-5-10(13)9-6-8(12(15)16-2)3-4-11(9)14-7/h3-6H,1-2H3,(H2,13,14). The van der Waals surface area contributed by atoms with Gasteiger partial charge in [0.1, 0.15) is 0 Å². The molecular weight excluding hydrogens is 204 g/mol. The van der Waals surface area contributed by atoms with Crippen molar-refractivity contribution in [2.24, 2.45) is 0 Å². The first kappa shape index (κ1) is 10.4. The van der Waals surface area contributed by atoms with Crippen LogP contribution in [0.3, 0.4) is 0 Å². The lowest BCUT2D eigenvalue weighted by Gasteiger charge is -2.05. The maximum atomic E-state index is 11.4. The van der Waals surface area contributed by atoms with Crippen LogP contribution in [0.4, 0.5) is 5.69 Å². The summed E-state index contributed by atoms with van der Waals surface area (Å²) >= 11 is 0. The van der Waals surface area contributed by atoms with Crippen LogP contribution >= 0.6 is 0 Å². The quantitative estimate of drug-likeness (QED) is 0.739. The molecule has 0 amide bonds. The number of ether oxygens (including phenoxy) is 1. The van der Waals surface area contributed by atoms with Gasteiger partial charge >= 0.3 is 5.97 Å². The third kappa shape index (κ3) is 1.69. The lowest BCUT2D eigenvalue weighted by atomic mass is 10.1. The number of nitrogens with zero attached hydrogens (tertiary/aromatic N) is 1. The summed E-state index contributed by atoms with van der Waals surface area (Å²) in [4.78, 5) is 15.7. The Morgan fingerprint density at radius 2 is 2.12 bits per heavy atom. The first-order chi connectivity index (χ1) is 7.61. The van der Waals surface area contributed by atoms with E-state index in [2.05, 4.69) is 9.72 Å². The Balaban J connectivity index is 2.66. The molecule has 2 aromatic rings. The molecule has 0 radical (unpaired) electrons. The Labute approximate surface area is 93.0 Å². The first-order valence-corrected chi connectivity index (χ1v) is 4.87. The molecule has 0 spiro atoms. The summed E-state index contributed by atoms with van der Waals surface area (Å²) in [7, 11) is 1.35. The lowest BCUT2D eigenvalue weighted by molar-refractivity contribution is 0.0601. The van der Waals surface area contributed by atoms with Gasteiger partial charge in [-0.05, 0) is 31.2 Å². The van der Waals surface area contributed by atoms with E-state index in [1.165, 1.54) is 7.11 Å². The Morgan fingerprint density at radius 3 is 2.81 bits per heavy atom. The smallest absolute Gasteiger partial charge is 0.337 e. The fourth-order valence-electron chi connectivity index (χ4n) is 1.63. The SMILES string of the molecule is COC(=O)c1ccc2nc(C)cc(N)c2c1. The molecule has 0 aliphatic heterocycles. The van der Waals surface area contributed by atoms with Gasteiger partial charge in [-0.3, -0.25) is 4.98 Å². The molecular formula is C12H12N2O2. The summed E-state index contributed by atoms with van der Waals surface area (Å²) in [5.74, 6) is -0.373. The average Bonchev–Trinajstić information content (AvgIpc) is 2.27. The van der Waals surface area contributed by atoms with Crippen LogP contribution in [0.15, 0.2) is 24.3 Å². The number of nitrogens with two attached hydrogens (primary N) is 1. The van der Waals surface area contributed by atoms with Crippen molar-refractivity contribution >= 4 is 22.6 Å². The number of hydrogen-bond donors (Lipinski definition) is 1. The van der Waals surface area contributed by atoms with E-state index in [9.17, 15) is 4.79 Å². The maximum absolute atomic E-state index is 11.4. The second-order valence-electron chi connectivity index (χ2n) is 3.58. The molecule has 2 rings (SSSR count). The van der Waals surface area contributed by atoms with Gasteiger partial charge in [-0.25, -0.2) is 4.79 Å². The number of aryl methyl sites for hydroxylation is 1. The number of rotatable bonds is 1.